The Bertz CT molecular complexity index is 1540. The van der Waals surface area contributed by atoms with Gasteiger partial charge in [-0.1, -0.05) is 48.5 Å². The van der Waals surface area contributed by atoms with Gasteiger partial charge < -0.3 is 29.9 Å². The van der Waals surface area contributed by atoms with Crippen molar-refractivity contribution in [1.29, 1.82) is 0 Å². The van der Waals surface area contributed by atoms with E-state index in [0.29, 0.717) is 33.2 Å². The maximum absolute atomic E-state index is 13.1. The number of halogens is 3. The van der Waals surface area contributed by atoms with Crippen LogP contribution in [-0.4, -0.2) is 63.5 Å². The van der Waals surface area contributed by atoms with Crippen LogP contribution in [0.15, 0.2) is 77.7 Å². The van der Waals surface area contributed by atoms with Gasteiger partial charge in [0.05, 0.1) is 24.4 Å². The van der Waals surface area contributed by atoms with Crippen molar-refractivity contribution >= 4 is 35.2 Å². The number of nitrogens with one attached hydrogen (secondary N) is 1. The minimum Gasteiger partial charge on any atom is -0.478 e. The number of amides is 2. The molecule has 2 fully saturated rings. The van der Waals surface area contributed by atoms with Crippen LogP contribution in [0, 0.1) is 0 Å². The molecule has 13 heteroatoms. The van der Waals surface area contributed by atoms with E-state index in [9.17, 15) is 37.8 Å². The van der Waals surface area contributed by atoms with E-state index in [1.807, 2.05) is 12.1 Å². The lowest BCUT2D eigenvalue weighted by Gasteiger charge is -2.36. The number of carbonyl (C=O) groups is 3. The molecule has 3 aromatic carbocycles. The molecule has 9 nitrogen and oxygen atoms in total. The van der Waals surface area contributed by atoms with Crippen molar-refractivity contribution < 1.29 is 47.2 Å². The highest BCUT2D eigenvalue weighted by molar-refractivity contribution is 7.99. The number of alkyl halides is 3. The summed E-state index contributed by atoms with van der Waals surface area (Å²) in [6.45, 7) is -0.265. The fourth-order valence-corrected chi connectivity index (χ4v) is 6.47. The highest BCUT2D eigenvalue weighted by Crippen LogP contribution is 2.40. The van der Waals surface area contributed by atoms with Gasteiger partial charge in [0.2, 0.25) is 5.91 Å². The molecule has 2 amide bonds. The summed E-state index contributed by atoms with van der Waals surface area (Å²) in [4.78, 5) is 37.7. The Morgan fingerprint density at radius 3 is 2.44 bits per heavy atom. The molecule has 0 aromatic heterocycles. The Hall–Kier alpha value is -3.91. The number of carboxylic acid groups (broad SMARTS) is 1. The van der Waals surface area contributed by atoms with Crippen molar-refractivity contribution in [2.45, 2.75) is 61.5 Å². The molecular weight excluding hydrogens is 613 g/mol. The van der Waals surface area contributed by atoms with E-state index in [1.54, 1.807) is 54.6 Å². The van der Waals surface area contributed by atoms with Gasteiger partial charge in [0.1, 0.15) is 6.04 Å². The molecule has 3 N–H and O–H groups in total. The molecule has 0 radical (unpaired) electrons. The fourth-order valence-electron chi connectivity index (χ4n) is 5.41. The zero-order chi connectivity index (χ0) is 32.1. The smallest absolute Gasteiger partial charge is 0.471 e. The van der Waals surface area contributed by atoms with Crippen molar-refractivity contribution in [3.63, 3.8) is 0 Å². The molecular formula is C32H31F3N2O7S. The zero-order valence-corrected chi connectivity index (χ0v) is 24.7. The second kappa shape index (κ2) is 14.0. The number of likely N-dealkylation sites (tertiary alicyclic amines) is 1. The number of carbonyl (C=O) groups excluding carboxylic acids is 2. The van der Waals surface area contributed by atoms with Crippen LogP contribution in [0.3, 0.4) is 0 Å². The average Bonchev–Trinajstić information content (AvgIpc) is 3.53. The van der Waals surface area contributed by atoms with Gasteiger partial charge in [-0.05, 0) is 48.2 Å². The van der Waals surface area contributed by atoms with Crippen molar-refractivity contribution in [3.05, 3.63) is 95.1 Å². The highest BCUT2D eigenvalue weighted by atomic mass is 32.2. The standard InChI is InChI=1S/C32H31F3N2O7S/c33-32(34,35)31(42)37-14-4-8-25(37)28(39)36-22-6-3-5-21(15-22)30-43-23(18-45-27-9-2-1-7-24(27)29(40)41)16-26(44-30)20-12-10-19(17-38)11-13-20/h1-3,5-7,9-13,15,23,25-26,30,38H,4,8,14,16-18H2,(H,36,39)(H,40,41)/t23-,25-,26+,30+/m0/s1. The first-order chi connectivity index (χ1) is 21.5. The van der Waals surface area contributed by atoms with Crippen LogP contribution in [0.2, 0.25) is 0 Å². The first kappa shape index (κ1) is 32.5. The fraction of sp³-hybridized carbons (Fsp3) is 0.344. The van der Waals surface area contributed by atoms with Gasteiger partial charge in [0.15, 0.2) is 6.29 Å². The summed E-state index contributed by atoms with van der Waals surface area (Å²) in [7, 11) is 0. The number of aliphatic hydroxyl groups excluding tert-OH is 1. The topological polar surface area (TPSA) is 125 Å². The van der Waals surface area contributed by atoms with Gasteiger partial charge in [-0.2, -0.15) is 13.2 Å². The van der Waals surface area contributed by atoms with Crippen LogP contribution in [-0.2, 0) is 25.7 Å². The third-order valence-corrected chi connectivity index (χ3v) is 8.85. The summed E-state index contributed by atoms with van der Waals surface area (Å²) >= 11 is 1.35. The number of thioether (sulfide) groups is 1. The second-order valence-corrected chi connectivity index (χ2v) is 11.8. The molecule has 0 bridgehead atoms. The van der Waals surface area contributed by atoms with Gasteiger partial charge in [0, 0.05) is 34.9 Å². The molecule has 2 heterocycles. The summed E-state index contributed by atoms with van der Waals surface area (Å²) in [5, 5.41) is 21.7. The molecule has 0 unspecified atom stereocenters. The third-order valence-electron chi connectivity index (χ3n) is 7.64. The van der Waals surface area contributed by atoms with E-state index in [0.717, 1.165) is 11.1 Å². The first-order valence-electron chi connectivity index (χ1n) is 14.3. The Morgan fingerprint density at radius 1 is 0.978 bits per heavy atom. The molecule has 5 rings (SSSR count). The second-order valence-electron chi connectivity index (χ2n) is 10.7. The first-order valence-corrected chi connectivity index (χ1v) is 15.3. The van der Waals surface area contributed by atoms with Crippen LogP contribution >= 0.6 is 11.8 Å². The van der Waals surface area contributed by atoms with Crippen LogP contribution < -0.4 is 5.32 Å². The predicted octanol–water partition coefficient (Wildman–Crippen LogP) is 5.71. The van der Waals surface area contributed by atoms with Crippen LogP contribution in [0.1, 0.15) is 58.7 Å². The number of nitrogens with zero attached hydrogens (tertiary/aromatic N) is 1. The van der Waals surface area contributed by atoms with Crippen LogP contribution in [0.25, 0.3) is 0 Å². The maximum atomic E-state index is 13.1. The molecule has 0 spiro atoms. The van der Waals surface area contributed by atoms with E-state index in [2.05, 4.69) is 5.32 Å². The SMILES string of the molecule is O=C(O)c1ccccc1SC[C@@H]1C[C@H](c2ccc(CO)cc2)O[C@H](c2cccc(NC(=O)[C@@H]3CCCN3C(=O)C(F)(F)F)c2)O1. The van der Waals surface area contributed by atoms with Gasteiger partial charge in [-0.15, -0.1) is 11.8 Å². The van der Waals surface area contributed by atoms with E-state index >= 15 is 0 Å². The lowest BCUT2D eigenvalue weighted by Crippen LogP contribution is -2.48. The summed E-state index contributed by atoms with van der Waals surface area (Å²) < 4.78 is 51.9. The van der Waals surface area contributed by atoms with Crippen molar-refractivity contribution in [2.75, 3.05) is 17.6 Å². The lowest BCUT2D eigenvalue weighted by atomic mass is 10.0. The van der Waals surface area contributed by atoms with Crippen molar-refractivity contribution in [1.82, 2.24) is 4.90 Å². The van der Waals surface area contributed by atoms with Crippen molar-refractivity contribution in [3.8, 4) is 0 Å². The molecule has 3 aromatic rings. The number of aromatic carboxylic acids is 1. The number of ether oxygens (including phenoxy) is 2. The molecule has 4 atom stereocenters. The van der Waals surface area contributed by atoms with Crippen molar-refractivity contribution in [2.24, 2.45) is 0 Å². The quantitative estimate of drug-likeness (QED) is 0.253. The minimum absolute atomic E-state index is 0.110. The summed E-state index contributed by atoms with van der Waals surface area (Å²) in [5.41, 5.74) is 2.61. The van der Waals surface area contributed by atoms with E-state index < -0.39 is 42.4 Å². The Kier molecular flexibility index (Phi) is 10.1. The number of rotatable bonds is 9. The Labute approximate surface area is 261 Å². The van der Waals surface area contributed by atoms with Gasteiger partial charge in [-0.3, -0.25) is 9.59 Å². The van der Waals surface area contributed by atoms with E-state index in [-0.39, 0.29) is 37.7 Å². The normalized spacial score (nSPS) is 21.8. The Morgan fingerprint density at radius 2 is 1.73 bits per heavy atom. The van der Waals surface area contributed by atoms with E-state index in [4.69, 9.17) is 9.47 Å². The highest BCUT2D eigenvalue weighted by Gasteiger charge is 2.47. The largest absolute Gasteiger partial charge is 0.478 e. The summed E-state index contributed by atoms with van der Waals surface area (Å²) in [6, 6.07) is 19.3. The van der Waals surface area contributed by atoms with Gasteiger partial charge >= 0.3 is 18.1 Å². The molecule has 0 aliphatic carbocycles. The number of hydrogen-bond acceptors (Lipinski definition) is 7. The Balaban J connectivity index is 1.34. The van der Waals surface area contributed by atoms with E-state index in [1.165, 1.54) is 17.8 Å². The molecule has 2 aliphatic heterocycles. The minimum atomic E-state index is -5.07. The monoisotopic (exact) mass is 644 g/mol. The van der Waals surface area contributed by atoms with Crippen LogP contribution in [0.5, 0.6) is 0 Å². The summed E-state index contributed by atoms with van der Waals surface area (Å²) in [5.74, 6) is -3.38. The summed E-state index contributed by atoms with van der Waals surface area (Å²) in [6.07, 6.45) is -5.92. The maximum Gasteiger partial charge on any atom is 0.471 e. The molecule has 2 aliphatic rings. The molecule has 0 saturated carbocycles. The van der Waals surface area contributed by atoms with Gasteiger partial charge in [-0.25, -0.2) is 4.79 Å². The van der Waals surface area contributed by atoms with Crippen LogP contribution in [0.4, 0.5) is 18.9 Å². The molecule has 238 valence electrons. The number of carboxylic acids is 1. The lowest BCUT2D eigenvalue weighted by molar-refractivity contribution is -0.245. The number of hydrogen-bond donors (Lipinski definition) is 3. The number of aliphatic hydroxyl groups is 1. The average molecular weight is 645 g/mol. The third kappa shape index (κ3) is 7.85. The van der Waals surface area contributed by atoms with Gasteiger partial charge in [0.25, 0.3) is 0 Å². The predicted molar refractivity (Wildman–Crippen MR) is 158 cm³/mol. The zero-order valence-electron chi connectivity index (χ0n) is 23.9. The number of anilines is 1. The molecule has 2 saturated heterocycles. The molecule has 45 heavy (non-hydrogen) atoms. The number of benzene rings is 3.